The van der Waals surface area contributed by atoms with Gasteiger partial charge in [0.15, 0.2) is 9.84 Å². The predicted molar refractivity (Wildman–Crippen MR) is 73.6 cm³/mol. The Morgan fingerprint density at radius 2 is 2.05 bits per heavy atom. The summed E-state index contributed by atoms with van der Waals surface area (Å²) in [6.45, 7) is 3.44. The summed E-state index contributed by atoms with van der Waals surface area (Å²) in [5, 5.41) is 0. The van der Waals surface area contributed by atoms with Crippen LogP contribution in [0.3, 0.4) is 0 Å². The van der Waals surface area contributed by atoms with Crippen LogP contribution in [-0.4, -0.2) is 32.6 Å². The first kappa shape index (κ1) is 15.9. The van der Waals surface area contributed by atoms with Gasteiger partial charge in [-0.2, -0.15) is 0 Å². The summed E-state index contributed by atoms with van der Waals surface area (Å²) in [7, 11) is -3.07. The second-order valence-corrected chi connectivity index (χ2v) is 7.03. The number of nitrogens with two attached hydrogens (primary N) is 1. The number of halogens is 1. The second-order valence-electron chi connectivity index (χ2n) is 4.56. The fraction of sp³-hybridized carbons (Fsp3) is 0.538. The van der Waals surface area contributed by atoms with E-state index in [4.69, 9.17) is 10.5 Å². The van der Waals surface area contributed by atoms with Crippen molar-refractivity contribution in [1.82, 2.24) is 0 Å². The fourth-order valence-corrected chi connectivity index (χ4v) is 2.25. The van der Waals surface area contributed by atoms with Crippen LogP contribution in [0.5, 0.6) is 5.75 Å². The van der Waals surface area contributed by atoms with Crippen LogP contribution in [-0.2, 0) is 16.3 Å². The van der Waals surface area contributed by atoms with E-state index >= 15 is 0 Å². The number of benzene rings is 1. The third-order valence-corrected chi connectivity index (χ3v) is 4.26. The van der Waals surface area contributed by atoms with Crippen LogP contribution >= 0.6 is 0 Å². The van der Waals surface area contributed by atoms with Crippen molar-refractivity contribution < 1.29 is 17.5 Å². The molecule has 0 aromatic heterocycles. The molecule has 2 N–H and O–H groups in total. The van der Waals surface area contributed by atoms with E-state index in [1.54, 1.807) is 13.0 Å². The van der Waals surface area contributed by atoms with Gasteiger partial charge in [-0.1, -0.05) is 6.92 Å². The van der Waals surface area contributed by atoms with Crippen LogP contribution in [0.1, 0.15) is 19.4 Å². The van der Waals surface area contributed by atoms with Crippen LogP contribution in [0.2, 0.25) is 0 Å². The Hall–Kier alpha value is -1.14. The monoisotopic (exact) mass is 289 g/mol. The van der Waals surface area contributed by atoms with Crippen molar-refractivity contribution in [1.29, 1.82) is 0 Å². The lowest BCUT2D eigenvalue weighted by atomic mass is 10.1. The first-order chi connectivity index (χ1) is 8.82. The molecular weight excluding hydrogens is 269 g/mol. The lowest BCUT2D eigenvalue weighted by molar-refractivity contribution is 0.338. The summed E-state index contributed by atoms with van der Waals surface area (Å²) < 4.78 is 41.2. The van der Waals surface area contributed by atoms with E-state index in [-0.39, 0.29) is 24.2 Å². The zero-order valence-electron chi connectivity index (χ0n) is 11.2. The molecule has 1 aromatic carbocycles. The molecule has 0 heterocycles. The van der Waals surface area contributed by atoms with Gasteiger partial charge in [0.05, 0.1) is 5.75 Å². The first-order valence-corrected chi connectivity index (χ1v) is 8.03. The summed E-state index contributed by atoms with van der Waals surface area (Å²) in [4.78, 5) is 0. The summed E-state index contributed by atoms with van der Waals surface area (Å²) in [5.41, 5.74) is 6.40. The molecule has 1 aromatic rings. The number of ether oxygens (including phenoxy) is 1. The smallest absolute Gasteiger partial charge is 0.153 e. The van der Waals surface area contributed by atoms with Crippen LogP contribution in [0.15, 0.2) is 18.2 Å². The Bertz CT molecular complexity index is 515. The lowest BCUT2D eigenvalue weighted by Gasteiger charge is -2.10. The molecule has 1 atom stereocenters. The van der Waals surface area contributed by atoms with Crippen molar-refractivity contribution in [2.75, 3.05) is 18.1 Å². The first-order valence-electron chi connectivity index (χ1n) is 6.20. The minimum atomic E-state index is -3.07. The topological polar surface area (TPSA) is 69.4 Å². The molecule has 0 spiro atoms. The second kappa shape index (κ2) is 6.86. The molecule has 0 aliphatic heterocycles. The predicted octanol–water partition coefficient (Wildman–Crippen LogP) is 1.53. The van der Waals surface area contributed by atoms with Gasteiger partial charge in [0, 0.05) is 17.9 Å². The van der Waals surface area contributed by atoms with Gasteiger partial charge >= 0.3 is 0 Å². The Morgan fingerprint density at radius 1 is 1.37 bits per heavy atom. The maximum atomic E-state index is 13.4. The molecule has 0 saturated heterocycles. The van der Waals surface area contributed by atoms with E-state index in [9.17, 15) is 12.8 Å². The van der Waals surface area contributed by atoms with Crippen molar-refractivity contribution >= 4 is 9.84 Å². The zero-order chi connectivity index (χ0) is 14.5. The van der Waals surface area contributed by atoms with Gasteiger partial charge in [-0.05, 0) is 31.0 Å². The summed E-state index contributed by atoms with van der Waals surface area (Å²) >= 11 is 0. The maximum Gasteiger partial charge on any atom is 0.153 e. The van der Waals surface area contributed by atoms with Crippen molar-refractivity contribution in [3.05, 3.63) is 29.6 Å². The quantitative estimate of drug-likeness (QED) is 0.826. The third kappa shape index (κ3) is 6.02. The van der Waals surface area contributed by atoms with Crippen LogP contribution in [0.4, 0.5) is 4.39 Å². The van der Waals surface area contributed by atoms with Gasteiger partial charge < -0.3 is 10.5 Å². The fourth-order valence-electron chi connectivity index (χ4n) is 1.62. The van der Waals surface area contributed by atoms with Gasteiger partial charge in [-0.3, -0.25) is 0 Å². The van der Waals surface area contributed by atoms with E-state index in [1.165, 1.54) is 12.1 Å². The molecule has 6 heteroatoms. The molecule has 0 radical (unpaired) electrons. The number of hydrogen-bond donors (Lipinski definition) is 1. The molecule has 0 aliphatic carbocycles. The molecule has 0 bridgehead atoms. The molecule has 0 amide bonds. The highest BCUT2D eigenvalue weighted by Gasteiger charge is 2.09. The summed E-state index contributed by atoms with van der Waals surface area (Å²) in [6.07, 6.45) is 0.543. The van der Waals surface area contributed by atoms with Crippen molar-refractivity contribution in [2.45, 2.75) is 26.3 Å². The highest BCUT2D eigenvalue weighted by molar-refractivity contribution is 7.91. The minimum absolute atomic E-state index is 0.0250. The molecule has 0 aliphatic rings. The van der Waals surface area contributed by atoms with E-state index < -0.39 is 15.7 Å². The molecular formula is C13H20FNO3S. The van der Waals surface area contributed by atoms with Gasteiger partial charge in [0.2, 0.25) is 0 Å². The number of rotatable bonds is 7. The lowest BCUT2D eigenvalue weighted by Crippen LogP contribution is -2.18. The highest BCUT2D eigenvalue weighted by Crippen LogP contribution is 2.17. The average molecular weight is 289 g/mol. The van der Waals surface area contributed by atoms with E-state index in [0.29, 0.717) is 12.2 Å². The highest BCUT2D eigenvalue weighted by atomic mass is 32.2. The Kier molecular flexibility index (Phi) is 5.75. The number of sulfone groups is 1. The minimum Gasteiger partial charge on any atom is -0.492 e. The molecule has 19 heavy (non-hydrogen) atoms. The largest absolute Gasteiger partial charge is 0.492 e. The Balaban J connectivity index is 2.66. The van der Waals surface area contributed by atoms with Gasteiger partial charge in [-0.25, -0.2) is 12.8 Å². The van der Waals surface area contributed by atoms with E-state index in [1.807, 2.05) is 6.92 Å². The van der Waals surface area contributed by atoms with Gasteiger partial charge in [0.1, 0.15) is 18.2 Å². The molecule has 1 unspecified atom stereocenters. The third-order valence-electron chi connectivity index (χ3n) is 2.59. The Morgan fingerprint density at radius 3 is 2.63 bits per heavy atom. The van der Waals surface area contributed by atoms with Gasteiger partial charge in [-0.15, -0.1) is 0 Å². The number of hydrogen-bond acceptors (Lipinski definition) is 4. The normalized spacial score (nSPS) is 13.3. The molecule has 0 fully saturated rings. The van der Waals surface area contributed by atoms with Gasteiger partial charge in [0.25, 0.3) is 0 Å². The average Bonchev–Trinajstić information content (AvgIpc) is 2.27. The van der Waals surface area contributed by atoms with Crippen LogP contribution < -0.4 is 10.5 Å². The molecule has 0 saturated carbocycles. The van der Waals surface area contributed by atoms with Crippen LogP contribution in [0.25, 0.3) is 0 Å². The van der Waals surface area contributed by atoms with Crippen LogP contribution in [0, 0.1) is 5.82 Å². The summed E-state index contributed by atoms with van der Waals surface area (Å²) in [6, 6.07) is 4.25. The molecule has 1 rings (SSSR count). The molecule has 108 valence electrons. The van der Waals surface area contributed by atoms with Crippen molar-refractivity contribution in [3.63, 3.8) is 0 Å². The summed E-state index contributed by atoms with van der Waals surface area (Å²) in [5.74, 6) is -0.0635. The standard InChI is InChI=1S/C13H20FNO3S/c1-3-19(16,17)5-4-18-13-8-11(6-10(2)15)7-12(14)9-13/h7-10H,3-6,15H2,1-2H3. The zero-order valence-corrected chi connectivity index (χ0v) is 12.0. The van der Waals surface area contributed by atoms with Crippen molar-refractivity contribution in [3.8, 4) is 5.75 Å². The SMILES string of the molecule is CCS(=O)(=O)CCOc1cc(F)cc(CC(C)N)c1. The van der Waals surface area contributed by atoms with Crippen molar-refractivity contribution in [2.24, 2.45) is 5.73 Å². The molecule has 4 nitrogen and oxygen atoms in total. The Labute approximate surface area is 113 Å². The maximum absolute atomic E-state index is 13.4. The van der Waals surface area contributed by atoms with E-state index in [0.717, 1.165) is 5.56 Å². The van der Waals surface area contributed by atoms with E-state index in [2.05, 4.69) is 0 Å².